The summed E-state index contributed by atoms with van der Waals surface area (Å²) in [6, 6.07) is 6.57. The van der Waals surface area contributed by atoms with Crippen LogP contribution in [0.15, 0.2) is 24.3 Å². The fourth-order valence-corrected chi connectivity index (χ4v) is 1.84. The fraction of sp³-hybridized carbons (Fsp3) is 0.200. The Kier molecular flexibility index (Phi) is 2.91. The zero-order valence-electron chi connectivity index (χ0n) is 8.20. The number of nitrogens with one attached hydrogen (secondary N) is 1. The van der Waals surface area contributed by atoms with E-state index in [2.05, 4.69) is 14.1 Å². The van der Waals surface area contributed by atoms with Gasteiger partial charge >= 0.3 is 0 Å². The van der Waals surface area contributed by atoms with Gasteiger partial charge < -0.3 is 5.32 Å². The molecule has 2 rings (SSSR count). The van der Waals surface area contributed by atoms with Crippen molar-refractivity contribution in [2.24, 2.45) is 0 Å². The molecule has 15 heavy (non-hydrogen) atoms. The van der Waals surface area contributed by atoms with Gasteiger partial charge in [0.15, 0.2) is 5.82 Å². The molecule has 0 fully saturated rings. The molecule has 0 amide bonds. The Morgan fingerprint density at radius 1 is 1.33 bits per heavy atom. The Labute approximate surface area is 91.3 Å². The van der Waals surface area contributed by atoms with Crippen molar-refractivity contribution in [3.8, 4) is 11.3 Å². The lowest BCUT2D eigenvalue weighted by atomic mass is 10.1. The van der Waals surface area contributed by atoms with Gasteiger partial charge in [-0.25, -0.2) is 4.39 Å². The van der Waals surface area contributed by atoms with Crippen LogP contribution in [0.3, 0.4) is 0 Å². The average molecular weight is 223 g/mol. The second-order valence-electron chi connectivity index (χ2n) is 2.97. The number of aromatic nitrogens is 2. The largest absolute Gasteiger partial charge is 0.368 e. The molecule has 0 spiro atoms. The van der Waals surface area contributed by atoms with E-state index in [1.54, 1.807) is 18.2 Å². The topological polar surface area (TPSA) is 37.8 Å². The fourth-order valence-electron chi connectivity index (χ4n) is 1.30. The predicted octanol–water partition coefficient (Wildman–Crippen LogP) is 2.78. The van der Waals surface area contributed by atoms with Crippen LogP contribution in [0.2, 0.25) is 0 Å². The van der Waals surface area contributed by atoms with Crippen LogP contribution in [-0.4, -0.2) is 15.3 Å². The third-order valence-electron chi connectivity index (χ3n) is 1.96. The molecule has 1 aromatic heterocycles. The van der Waals surface area contributed by atoms with Crippen LogP contribution in [0.1, 0.15) is 6.92 Å². The number of hydrogen-bond donors (Lipinski definition) is 1. The molecule has 2 aromatic rings. The van der Waals surface area contributed by atoms with Crippen molar-refractivity contribution in [1.29, 1.82) is 0 Å². The summed E-state index contributed by atoms with van der Waals surface area (Å²) in [6.45, 7) is 2.71. The lowest BCUT2D eigenvalue weighted by molar-refractivity contribution is 0.631. The van der Waals surface area contributed by atoms with Crippen molar-refractivity contribution < 1.29 is 4.39 Å². The van der Waals surface area contributed by atoms with Gasteiger partial charge in [-0.3, -0.25) is 0 Å². The first-order chi connectivity index (χ1) is 7.33. The van der Waals surface area contributed by atoms with Gasteiger partial charge in [0.05, 0.1) is 11.7 Å². The Morgan fingerprint density at radius 3 is 2.87 bits per heavy atom. The Morgan fingerprint density at radius 2 is 2.13 bits per heavy atom. The smallest absolute Gasteiger partial charge is 0.168 e. The molecule has 1 heterocycles. The number of benzene rings is 1. The van der Waals surface area contributed by atoms with Crippen molar-refractivity contribution in [2.45, 2.75) is 6.92 Å². The maximum atomic E-state index is 13.5. The molecule has 0 aliphatic heterocycles. The average Bonchev–Trinajstić information content (AvgIpc) is 2.67. The van der Waals surface area contributed by atoms with Crippen LogP contribution in [0.5, 0.6) is 0 Å². The van der Waals surface area contributed by atoms with E-state index in [-0.39, 0.29) is 5.82 Å². The van der Waals surface area contributed by atoms with Crippen LogP contribution in [0.25, 0.3) is 11.3 Å². The molecule has 1 aromatic carbocycles. The van der Waals surface area contributed by atoms with Crippen LogP contribution < -0.4 is 5.32 Å². The van der Waals surface area contributed by atoms with Crippen molar-refractivity contribution in [2.75, 3.05) is 11.9 Å². The summed E-state index contributed by atoms with van der Waals surface area (Å²) >= 11 is 1.08. The summed E-state index contributed by atoms with van der Waals surface area (Å²) in [6.07, 6.45) is 0. The molecule has 0 atom stereocenters. The molecule has 0 aliphatic carbocycles. The second kappa shape index (κ2) is 4.35. The van der Waals surface area contributed by atoms with Gasteiger partial charge in [-0.2, -0.15) is 8.75 Å². The normalized spacial score (nSPS) is 10.3. The van der Waals surface area contributed by atoms with Crippen molar-refractivity contribution >= 4 is 17.5 Å². The molecular weight excluding hydrogens is 213 g/mol. The minimum Gasteiger partial charge on any atom is -0.368 e. The van der Waals surface area contributed by atoms with E-state index in [0.717, 1.165) is 18.3 Å². The van der Waals surface area contributed by atoms with Crippen molar-refractivity contribution in [3.63, 3.8) is 0 Å². The van der Waals surface area contributed by atoms with Crippen LogP contribution >= 0.6 is 11.7 Å². The lowest BCUT2D eigenvalue weighted by Gasteiger charge is -2.02. The van der Waals surface area contributed by atoms with Crippen LogP contribution in [-0.2, 0) is 0 Å². The monoisotopic (exact) mass is 223 g/mol. The molecule has 0 bridgehead atoms. The highest BCUT2D eigenvalue weighted by molar-refractivity contribution is 6.99. The van der Waals surface area contributed by atoms with Crippen LogP contribution in [0, 0.1) is 5.82 Å². The third-order valence-corrected chi connectivity index (χ3v) is 2.49. The number of halogens is 1. The van der Waals surface area contributed by atoms with Gasteiger partial charge in [-0.05, 0) is 19.1 Å². The molecular formula is C10H10FN3S. The Hall–Kier alpha value is -1.49. The van der Waals surface area contributed by atoms with E-state index in [9.17, 15) is 4.39 Å². The van der Waals surface area contributed by atoms with Crippen molar-refractivity contribution in [3.05, 3.63) is 30.1 Å². The SMILES string of the molecule is CCNc1nsnc1-c1ccccc1F. The molecule has 1 N–H and O–H groups in total. The van der Waals surface area contributed by atoms with E-state index < -0.39 is 0 Å². The lowest BCUT2D eigenvalue weighted by Crippen LogP contribution is -1.98. The van der Waals surface area contributed by atoms with Gasteiger partial charge in [0.2, 0.25) is 0 Å². The first-order valence-electron chi connectivity index (χ1n) is 4.64. The summed E-state index contributed by atoms with van der Waals surface area (Å²) in [5, 5.41) is 3.05. The third kappa shape index (κ3) is 1.97. The Bertz CT molecular complexity index is 455. The van der Waals surface area contributed by atoms with E-state index in [4.69, 9.17) is 0 Å². The van der Waals surface area contributed by atoms with Gasteiger partial charge in [0.25, 0.3) is 0 Å². The van der Waals surface area contributed by atoms with Gasteiger partial charge in [0.1, 0.15) is 11.5 Å². The quantitative estimate of drug-likeness (QED) is 0.869. The summed E-state index contributed by atoms with van der Waals surface area (Å²) < 4.78 is 21.7. The van der Waals surface area contributed by atoms with Gasteiger partial charge in [-0.1, -0.05) is 12.1 Å². The number of anilines is 1. The van der Waals surface area contributed by atoms with Crippen molar-refractivity contribution in [1.82, 2.24) is 8.75 Å². The minimum absolute atomic E-state index is 0.274. The zero-order valence-corrected chi connectivity index (χ0v) is 9.01. The highest BCUT2D eigenvalue weighted by Gasteiger charge is 2.12. The highest BCUT2D eigenvalue weighted by atomic mass is 32.1. The van der Waals surface area contributed by atoms with Gasteiger partial charge in [0, 0.05) is 12.1 Å². The summed E-state index contributed by atoms with van der Waals surface area (Å²) in [4.78, 5) is 0. The predicted molar refractivity (Wildman–Crippen MR) is 59.5 cm³/mol. The highest BCUT2D eigenvalue weighted by Crippen LogP contribution is 2.27. The standard InChI is InChI=1S/C10H10FN3S/c1-2-12-10-9(13-15-14-10)7-5-3-4-6-8(7)11/h3-6H,2H2,1H3,(H,12,14). The number of nitrogens with zero attached hydrogens (tertiary/aromatic N) is 2. The molecule has 0 unspecified atom stereocenters. The second-order valence-corrected chi connectivity index (χ2v) is 3.50. The molecule has 3 nitrogen and oxygen atoms in total. The molecule has 5 heteroatoms. The zero-order chi connectivity index (χ0) is 10.7. The molecule has 0 aliphatic rings. The van der Waals surface area contributed by atoms with Gasteiger partial charge in [-0.15, -0.1) is 0 Å². The molecule has 0 radical (unpaired) electrons. The maximum absolute atomic E-state index is 13.5. The minimum atomic E-state index is -0.274. The molecule has 0 saturated carbocycles. The van der Waals surface area contributed by atoms with E-state index >= 15 is 0 Å². The number of rotatable bonds is 3. The summed E-state index contributed by atoms with van der Waals surface area (Å²) in [7, 11) is 0. The van der Waals surface area contributed by atoms with Crippen LogP contribution in [0.4, 0.5) is 10.2 Å². The first kappa shape index (κ1) is 10.0. The number of hydrogen-bond acceptors (Lipinski definition) is 4. The Balaban J connectivity index is 2.45. The van der Waals surface area contributed by atoms with E-state index in [0.29, 0.717) is 17.1 Å². The summed E-state index contributed by atoms with van der Waals surface area (Å²) in [5.41, 5.74) is 1.07. The molecule has 0 saturated heterocycles. The maximum Gasteiger partial charge on any atom is 0.168 e. The van der Waals surface area contributed by atoms with E-state index in [1.165, 1.54) is 6.07 Å². The first-order valence-corrected chi connectivity index (χ1v) is 5.37. The summed E-state index contributed by atoms with van der Waals surface area (Å²) in [5.74, 6) is 0.372. The van der Waals surface area contributed by atoms with E-state index in [1.807, 2.05) is 6.92 Å². The molecule has 78 valence electrons.